The Hall–Kier alpha value is -1.73. The molecule has 0 unspecified atom stereocenters. The lowest BCUT2D eigenvalue weighted by molar-refractivity contribution is -0.142. The first-order valence-electron chi connectivity index (χ1n) is 6.32. The van der Waals surface area contributed by atoms with Crippen molar-refractivity contribution < 1.29 is 9.53 Å². The molecule has 5 nitrogen and oxygen atoms in total. The number of carbonyl (C=O) groups excluding carboxylic acids is 1. The highest BCUT2D eigenvalue weighted by atomic mass is 79.9. The van der Waals surface area contributed by atoms with Crippen LogP contribution in [0.5, 0.6) is 0 Å². The second-order valence-electron chi connectivity index (χ2n) is 4.05. The molecule has 0 saturated heterocycles. The molecule has 0 atom stereocenters. The van der Waals surface area contributed by atoms with Gasteiger partial charge in [-0.1, -0.05) is 28.1 Å². The van der Waals surface area contributed by atoms with Gasteiger partial charge in [0.2, 0.25) is 5.13 Å². The maximum absolute atomic E-state index is 11.3. The van der Waals surface area contributed by atoms with E-state index in [1.54, 1.807) is 13.1 Å². The third-order valence-corrected chi connectivity index (χ3v) is 3.75. The zero-order valence-electron chi connectivity index (χ0n) is 11.4. The topological polar surface area (TPSA) is 63.6 Å². The number of hydrogen-bond donors (Lipinski definition) is 1. The highest BCUT2D eigenvalue weighted by Crippen LogP contribution is 2.16. The van der Waals surface area contributed by atoms with E-state index in [1.807, 2.05) is 29.6 Å². The fourth-order valence-electron chi connectivity index (χ4n) is 1.51. The highest BCUT2D eigenvalue weighted by Gasteiger charge is 2.07. The van der Waals surface area contributed by atoms with Crippen molar-refractivity contribution in [1.29, 1.82) is 0 Å². The van der Waals surface area contributed by atoms with Crippen molar-refractivity contribution in [2.75, 3.05) is 12.0 Å². The number of carbonyl (C=O) groups is 1. The molecule has 1 N–H and O–H groups in total. The number of esters is 1. The molecule has 1 aromatic heterocycles. The fraction of sp³-hybridized carbons (Fsp3) is 0.214. The lowest BCUT2D eigenvalue weighted by atomic mass is 10.2. The van der Waals surface area contributed by atoms with Crippen LogP contribution in [0.3, 0.4) is 0 Å². The van der Waals surface area contributed by atoms with Crippen LogP contribution in [0, 0.1) is 0 Å². The summed E-state index contributed by atoms with van der Waals surface area (Å²) in [5.74, 6) is -0.271. The first kappa shape index (κ1) is 15.7. The average molecular weight is 368 g/mol. The van der Waals surface area contributed by atoms with Crippen LogP contribution in [-0.2, 0) is 16.0 Å². The van der Waals surface area contributed by atoms with Gasteiger partial charge in [-0.2, -0.15) is 5.10 Å². The second-order valence-corrected chi connectivity index (χ2v) is 5.82. The molecule has 2 aromatic rings. The van der Waals surface area contributed by atoms with Crippen LogP contribution in [0.2, 0.25) is 0 Å². The molecule has 1 heterocycles. The molecule has 0 saturated carbocycles. The molecular formula is C14H14BrN3O2S. The summed E-state index contributed by atoms with van der Waals surface area (Å²) in [7, 11) is 0. The normalized spacial score (nSPS) is 10.8. The van der Waals surface area contributed by atoms with Crippen molar-refractivity contribution in [2.45, 2.75) is 13.3 Å². The van der Waals surface area contributed by atoms with E-state index >= 15 is 0 Å². The number of halogens is 1. The van der Waals surface area contributed by atoms with Gasteiger partial charge in [0.1, 0.15) is 0 Å². The smallest absolute Gasteiger partial charge is 0.311 e. The fourth-order valence-corrected chi connectivity index (χ4v) is 2.43. The summed E-state index contributed by atoms with van der Waals surface area (Å²) in [4.78, 5) is 15.6. The predicted octanol–water partition coefficient (Wildman–Crippen LogP) is 3.46. The Bertz CT molecular complexity index is 625. The monoisotopic (exact) mass is 367 g/mol. The molecule has 0 aliphatic carbocycles. The van der Waals surface area contributed by atoms with Gasteiger partial charge in [0.15, 0.2) is 0 Å². The molecule has 21 heavy (non-hydrogen) atoms. The van der Waals surface area contributed by atoms with E-state index in [0.717, 1.165) is 10.0 Å². The van der Waals surface area contributed by atoms with Gasteiger partial charge < -0.3 is 4.74 Å². The van der Waals surface area contributed by atoms with Crippen LogP contribution in [0.15, 0.2) is 39.2 Å². The van der Waals surface area contributed by atoms with E-state index in [4.69, 9.17) is 4.74 Å². The Balaban J connectivity index is 1.87. The van der Waals surface area contributed by atoms with Crippen LogP contribution in [0.4, 0.5) is 5.13 Å². The highest BCUT2D eigenvalue weighted by molar-refractivity contribution is 9.10. The van der Waals surface area contributed by atoms with Crippen molar-refractivity contribution >= 4 is 44.6 Å². The number of thiazole rings is 1. The molecule has 0 amide bonds. The van der Waals surface area contributed by atoms with Gasteiger partial charge in [0, 0.05) is 9.85 Å². The molecule has 1 aromatic carbocycles. The summed E-state index contributed by atoms with van der Waals surface area (Å²) in [6.45, 7) is 2.16. The number of aromatic nitrogens is 1. The van der Waals surface area contributed by atoms with Gasteiger partial charge in [-0.15, -0.1) is 11.3 Å². The van der Waals surface area contributed by atoms with E-state index in [0.29, 0.717) is 17.4 Å². The van der Waals surface area contributed by atoms with Crippen molar-refractivity contribution in [3.8, 4) is 0 Å². The molecule has 0 radical (unpaired) electrons. The molecule has 0 aliphatic heterocycles. The first-order chi connectivity index (χ1) is 10.2. The maximum atomic E-state index is 11.3. The summed E-state index contributed by atoms with van der Waals surface area (Å²) in [6.07, 6.45) is 1.89. The zero-order valence-corrected chi connectivity index (χ0v) is 13.8. The Morgan fingerprint density at radius 3 is 2.95 bits per heavy atom. The van der Waals surface area contributed by atoms with Crippen LogP contribution < -0.4 is 5.43 Å². The summed E-state index contributed by atoms with van der Waals surface area (Å²) in [5.41, 5.74) is 4.51. The number of benzene rings is 1. The Kier molecular flexibility index (Phi) is 5.89. The van der Waals surface area contributed by atoms with Crippen LogP contribution in [-0.4, -0.2) is 23.8 Å². The Morgan fingerprint density at radius 1 is 1.48 bits per heavy atom. The lowest BCUT2D eigenvalue weighted by Crippen LogP contribution is -2.07. The number of rotatable bonds is 6. The number of anilines is 1. The number of hydrogen-bond acceptors (Lipinski definition) is 6. The number of nitrogens with one attached hydrogen (secondary N) is 1. The molecule has 0 aliphatic rings. The van der Waals surface area contributed by atoms with Gasteiger partial charge in [0.25, 0.3) is 0 Å². The lowest BCUT2D eigenvalue weighted by Gasteiger charge is -1.98. The Morgan fingerprint density at radius 2 is 2.24 bits per heavy atom. The summed E-state index contributed by atoms with van der Waals surface area (Å²) < 4.78 is 5.90. The molecule has 0 spiro atoms. The summed E-state index contributed by atoms with van der Waals surface area (Å²) >= 11 is 4.77. The van der Waals surface area contributed by atoms with Crippen LogP contribution in [0.1, 0.15) is 18.2 Å². The van der Waals surface area contributed by atoms with E-state index in [9.17, 15) is 4.79 Å². The van der Waals surface area contributed by atoms with E-state index in [1.165, 1.54) is 11.3 Å². The Labute approximate surface area is 135 Å². The van der Waals surface area contributed by atoms with Crippen LogP contribution >= 0.6 is 27.3 Å². The minimum Gasteiger partial charge on any atom is -0.466 e. The minimum atomic E-state index is -0.271. The van der Waals surface area contributed by atoms with Crippen molar-refractivity contribution in [1.82, 2.24) is 4.98 Å². The van der Waals surface area contributed by atoms with Crippen molar-refractivity contribution in [2.24, 2.45) is 5.10 Å². The van der Waals surface area contributed by atoms with E-state index in [2.05, 4.69) is 31.4 Å². The molecule has 2 rings (SSSR count). The third-order valence-electron chi connectivity index (χ3n) is 2.43. The molecule has 0 bridgehead atoms. The minimum absolute atomic E-state index is 0.183. The zero-order chi connectivity index (χ0) is 15.1. The number of nitrogens with zero attached hydrogens (tertiary/aromatic N) is 2. The average Bonchev–Trinajstić information content (AvgIpc) is 2.89. The first-order valence-corrected chi connectivity index (χ1v) is 7.99. The van der Waals surface area contributed by atoms with Gasteiger partial charge >= 0.3 is 5.97 Å². The molecule has 7 heteroatoms. The third kappa shape index (κ3) is 5.28. The molecule has 110 valence electrons. The van der Waals surface area contributed by atoms with Gasteiger partial charge in [0.05, 0.1) is 24.9 Å². The quantitative estimate of drug-likeness (QED) is 0.482. The molecule has 0 fully saturated rings. The van der Waals surface area contributed by atoms with Crippen molar-refractivity contribution in [3.63, 3.8) is 0 Å². The summed E-state index contributed by atoms with van der Waals surface area (Å²) in [6, 6.07) is 7.79. The molecular weight excluding hydrogens is 354 g/mol. The largest absolute Gasteiger partial charge is 0.466 e. The van der Waals surface area contributed by atoms with E-state index < -0.39 is 0 Å². The predicted molar refractivity (Wildman–Crippen MR) is 87.8 cm³/mol. The van der Waals surface area contributed by atoms with Gasteiger partial charge in [-0.05, 0) is 24.6 Å². The second kappa shape index (κ2) is 7.90. The SMILES string of the molecule is CCOC(=O)Cc1csc(NN=Cc2ccc(Br)cc2)n1. The summed E-state index contributed by atoms with van der Waals surface area (Å²) in [5, 5.41) is 6.57. The van der Waals surface area contributed by atoms with E-state index in [-0.39, 0.29) is 12.4 Å². The van der Waals surface area contributed by atoms with Gasteiger partial charge in [-0.25, -0.2) is 4.98 Å². The van der Waals surface area contributed by atoms with Crippen LogP contribution in [0.25, 0.3) is 0 Å². The van der Waals surface area contributed by atoms with Crippen molar-refractivity contribution in [3.05, 3.63) is 45.4 Å². The maximum Gasteiger partial charge on any atom is 0.311 e. The standard InChI is InChI=1S/C14H14BrN3O2S/c1-2-20-13(19)7-12-9-21-14(17-12)18-16-8-10-3-5-11(15)6-4-10/h3-6,8-9H,2,7H2,1H3,(H,17,18). The number of hydrazone groups is 1. The number of ether oxygens (including phenoxy) is 1. The van der Waals surface area contributed by atoms with Gasteiger partial charge in [-0.3, -0.25) is 10.2 Å².